The molecule has 2 rings (SSSR count). The highest BCUT2D eigenvalue weighted by Crippen LogP contribution is 2.13. The molecule has 0 bridgehead atoms. The van der Waals surface area contributed by atoms with Gasteiger partial charge in [-0.25, -0.2) is 9.78 Å². The van der Waals surface area contributed by atoms with Crippen molar-refractivity contribution >= 4 is 18.2 Å². The monoisotopic (exact) mass is 235 g/mol. The van der Waals surface area contributed by atoms with Crippen LogP contribution in [0, 0.1) is 0 Å². The molecule has 1 amide bonds. The number of amides is 1. The van der Waals surface area contributed by atoms with Crippen LogP contribution >= 0.6 is 0 Å². The topological polar surface area (TPSA) is 73.7 Å². The van der Waals surface area contributed by atoms with E-state index in [1.165, 1.54) is 11.1 Å². The Morgan fingerprint density at radius 2 is 2.00 bits per heavy atom. The Hall–Kier alpha value is -2.11. The number of pyridine rings is 1. The molecule has 1 fully saturated rings. The van der Waals surface area contributed by atoms with E-state index < -0.39 is 6.09 Å². The molecule has 0 radical (unpaired) electrons. The fourth-order valence-corrected chi connectivity index (χ4v) is 1.78. The zero-order chi connectivity index (χ0) is 12.3. The van der Waals surface area contributed by atoms with Crippen molar-refractivity contribution in [2.45, 2.75) is 0 Å². The number of aldehydes is 1. The summed E-state index contributed by atoms with van der Waals surface area (Å²) in [5.74, 6) is 0.778. The van der Waals surface area contributed by atoms with Crippen molar-refractivity contribution in [2.75, 3.05) is 31.1 Å². The molecule has 1 saturated heterocycles. The summed E-state index contributed by atoms with van der Waals surface area (Å²) in [5.41, 5.74) is 0.540. The van der Waals surface area contributed by atoms with Gasteiger partial charge >= 0.3 is 6.09 Å². The smallest absolute Gasteiger partial charge is 0.407 e. The molecule has 17 heavy (non-hydrogen) atoms. The van der Waals surface area contributed by atoms with Gasteiger partial charge in [0.2, 0.25) is 0 Å². The van der Waals surface area contributed by atoms with E-state index in [1.54, 1.807) is 12.1 Å². The number of carboxylic acid groups (broad SMARTS) is 1. The van der Waals surface area contributed by atoms with Crippen molar-refractivity contribution in [1.29, 1.82) is 0 Å². The van der Waals surface area contributed by atoms with Crippen molar-refractivity contribution in [1.82, 2.24) is 9.88 Å². The highest BCUT2D eigenvalue weighted by Gasteiger charge is 2.20. The summed E-state index contributed by atoms with van der Waals surface area (Å²) < 4.78 is 0. The predicted molar refractivity (Wildman–Crippen MR) is 61.4 cm³/mol. The first-order valence-electron chi connectivity index (χ1n) is 5.35. The van der Waals surface area contributed by atoms with E-state index >= 15 is 0 Å². The van der Waals surface area contributed by atoms with Crippen molar-refractivity contribution < 1.29 is 14.7 Å². The van der Waals surface area contributed by atoms with Gasteiger partial charge in [-0.05, 0) is 12.1 Å². The summed E-state index contributed by atoms with van der Waals surface area (Å²) in [5, 5.41) is 8.82. The SMILES string of the molecule is O=Cc1ccc(N2CCN(C(=O)O)CC2)nc1. The van der Waals surface area contributed by atoms with Crippen molar-refractivity contribution in [3.63, 3.8) is 0 Å². The van der Waals surface area contributed by atoms with Crippen molar-refractivity contribution in [3.05, 3.63) is 23.9 Å². The maximum absolute atomic E-state index is 10.7. The van der Waals surface area contributed by atoms with Gasteiger partial charge in [0.15, 0.2) is 6.29 Å². The largest absolute Gasteiger partial charge is 0.465 e. The van der Waals surface area contributed by atoms with E-state index in [4.69, 9.17) is 5.11 Å². The lowest BCUT2D eigenvalue weighted by molar-refractivity contribution is 0.112. The van der Waals surface area contributed by atoms with Crippen LogP contribution in [0.25, 0.3) is 0 Å². The van der Waals surface area contributed by atoms with Crippen LogP contribution in [0.2, 0.25) is 0 Å². The summed E-state index contributed by atoms with van der Waals surface area (Å²) >= 11 is 0. The van der Waals surface area contributed by atoms with Crippen LogP contribution < -0.4 is 4.90 Å². The zero-order valence-corrected chi connectivity index (χ0v) is 9.24. The van der Waals surface area contributed by atoms with Gasteiger partial charge in [0, 0.05) is 37.9 Å². The predicted octanol–water partition coefficient (Wildman–Crippen LogP) is 0.694. The minimum atomic E-state index is -0.881. The van der Waals surface area contributed by atoms with E-state index in [2.05, 4.69) is 4.98 Å². The third-order valence-electron chi connectivity index (χ3n) is 2.78. The van der Waals surface area contributed by atoms with Gasteiger partial charge in [0.05, 0.1) is 0 Å². The van der Waals surface area contributed by atoms with Crippen LogP contribution in [0.3, 0.4) is 0 Å². The minimum Gasteiger partial charge on any atom is -0.465 e. The average Bonchev–Trinajstić information content (AvgIpc) is 2.39. The Bertz CT molecular complexity index is 410. The van der Waals surface area contributed by atoms with Gasteiger partial charge in [-0.15, -0.1) is 0 Å². The quantitative estimate of drug-likeness (QED) is 0.763. The summed E-state index contributed by atoms with van der Waals surface area (Å²) in [4.78, 5) is 28.8. The second kappa shape index (κ2) is 4.82. The zero-order valence-electron chi connectivity index (χ0n) is 9.24. The summed E-state index contributed by atoms with van der Waals surface area (Å²) in [6.45, 7) is 2.21. The van der Waals surface area contributed by atoms with Crippen LogP contribution in [0.1, 0.15) is 10.4 Å². The minimum absolute atomic E-state index is 0.479. The summed E-state index contributed by atoms with van der Waals surface area (Å²) in [6.07, 6.45) is 1.39. The molecule has 0 atom stereocenters. The number of rotatable bonds is 2. The molecule has 1 aromatic rings. The number of carbonyl (C=O) groups excluding carboxylic acids is 1. The lowest BCUT2D eigenvalue weighted by Crippen LogP contribution is -2.48. The number of carbonyl (C=O) groups is 2. The maximum Gasteiger partial charge on any atom is 0.407 e. The van der Waals surface area contributed by atoms with Gasteiger partial charge < -0.3 is 14.9 Å². The van der Waals surface area contributed by atoms with E-state index in [0.29, 0.717) is 31.7 Å². The first-order valence-corrected chi connectivity index (χ1v) is 5.35. The van der Waals surface area contributed by atoms with Gasteiger partial charge in [0.25, 0.3) is 0 Å². The molecule has 1 aliphatic rings. The molecule has 6 heteroatoms. The Labute approximate surface area is 98.5 Å². The van der Waals surface area contributed by atoms with Crippen LogP contribution in [0.4, 0.5) is 10.6 Å². The number of anilines is 1. The van der Waals surface area contributed by atoms with E-state index in [1.807, 2.05) is 4.90 Å². The summed E-state index contributed by atoms with van der Waals surface area (Å²) in [7, 11) is 0. The van der Waals surface area contributed by atoms with E-state index in [9.17, 15) is 9.59 Å². The second-order valence-corrected chi connectivity index (χ2v) is 3.82. The Morgan fingerprint density at radius 3 is 2.47 bits per heavy atom. The normalized spacial score (nSPS) is 15.8. The summed E-state index contributed by atoms with van der Waals surface area (Å²) in [6, 6.07) is 3.49. The van der Waals surface area contributed by atoms with Crippen LogP contribution in [0.15, 0.2) is 18.3 Å². The average molecular weight is 235 g/mol. The Kier molecular flexibility index (Phi) is 3.22. The van der Waals surface area contributed by atoms with Gasteiger partial charge in [-0.3, -0.25) is 4.79 Å². The van der Waals surface area contributed by atoms with Crippen LogP contribution in [0.5, 0.6) is 0 Å². The van der Waals surface area contributed by atoms with Crippen molar-refractivity contribution in [2.24, 2.45) is 0 Å². The van der Waals surface area contributed by atoms with E-state index in [-0.39, 0.29) is 0 Å². The molecule has 0 spiro atoms. The first kappa shape index (κ1) is 11.4. The third-order valence-corrected chi connectivity index (χ3v) is 2.78. The fraction of sp³-hybridized carbons (Fsp3) is 0.364. The third kappa shape index (κ3) is 2.52. The fourth-order valence-electron chi connectivity index (χ4n) is 1.78. The van der Waals surface area contributed by atoms with Gasteiger partial charge in [0.1, 0.15) is 5.82 Å². The number of hydrogen-bond donors (Lipinski definition) is 1. The molecular formula is C11H13N3O3. The van der Waals surface area contributed by atoms with Gasteiger partial charge in [-0.2, -0.15) is 0 Å². The van der Waals surface area contributed by atoms with Gasteiger partial charge in [-0.1, -0.05) is 0 Å². The molecule has 6 nitrogen and oxygen atoms in total. The van der Waals surface area contributed by atoms with Crippen LogP contribution in [-0.4, -0.2) is 53.5 Å². The highest BCUT2D eigenvalue weighted by atomic mass is 16.4. The van der Waals surface area contributed by atoms with E-state index in [0.717, 1.165) is 12.1 Å². The number of hydrogen-bond acceptors (Lipinski definition) is 4. The first-order chi connectivity index (χ1) is 8.20. The highest BCUT2D eigenvalue weighted by molar-refractivity contribution is 5.74. The molecule has 0 aliphatic carbocycles. The molecule has 1 N–H and O–H groups in total. The molecule has 2 heterocycles. The molecule has 0 aromatic carbocycles. The number of nitrogens with zero attached hydrogens (tertiary/aromatic N) is 3. The molecule has 90 valence electrons. The molecule has 0 unspecified atom stereocenters. The standard InChI is InChI=1S/C11H13N3O3/c15-8-9-1-2-10(12-7-9)13-3-5-14(6-4-13)11(16)17/h1-2,7-8H,3-6H2,(H,16,17). The van der Waals surface area contributed by atoms with Crippen LogP contribution in [-0.2, 0) is 0 Å². The Balaban J connectivity index is 2.00. The van der Waals surface area contributed by atoms with Crippen molar-refractivity contribution in [3.8, 4) is 0 Å². The molecular weight excluding hydrogens is 222 g/mol. The lowest BCUT2D eigenvalue weighted by atomic mass is 10.3. The lowest BCUT2D eigenvalue weighted by Gasteiger charge is -2.33. The number of aromatic nitrogens is 1. The molecule has 1 aromatic heterocycles. The Morgan fingerprint density at radius 1 is 1.29 bits per heavy atom. The maximum atomic E-state index is 10.7. The second-order valence-electron chi connectivity index (χ2n) is 3.82. The molecule has 0 saturated carbocycles. The number of piperazine rings is 1. The molecule has 1 aliphatic heterocycles.